The average molecular weight is 179 g/mol. The monoisotopic (exact) mass is 179 g/mol. The van der Waals surface area contributed by atoms with Gasteiger partial charge in [0.1, 0.15) is 12.0 Å². The van der Waals surface area contributed by atoms with Crippen LogP contribution in [0.3, 0.4) is 0 Å². The summed E-state index contributed by atoms with van der Waals surface area (Å²) in [5, 5.41) is 13.5. The van der Waals surface area contributed by atoms with E-state index < -0.39 is 4.92 Å². The number of nitro groups is 1. The summed E-state index contributed by atoms with van der Waals surface area (Å²) >= 11 is 0. The summed E-state index contributed by atoms with van der Waals surface area (Å²) in [5.41, 5.74) is 8.47. The van der Waals surface area contributed by atoms with E-state index in [-0.39, 0.29) is 11.5 Å². The molecule has 0 aromatic carbocycles. The van der Waals surface area contributed by atoms with Gasteiger partial charge >= 0.3 is 0 Å². The maximum atomic E-state index is 10.3. The summed E-state index contributed by atoms with van der Waals surface area (Å²) in [6, 6.07) is 1.30. The number of azide groups is 1. The second-order valence-electron chi connectivity index (χ2n) is 2.28. The van der Waals surface area contributed by atoms with Crippen LogP contribution in [0.25, 0.3) is 10.4 Å². The van der Waals surface area contributed by atoms with Crippen molar-refractivity contribution in [3.8, 4) is 0 Å². The van der Waals surface area contributed by atoms with Gasteiger partial charge in [0.2, 0.25) is 0 Å². The van der Waals surface area contributed by atoms with E-state index in [0.717, 1.165) is 6.20 Å². The van der Waals surface area contributed by atoms with Crippen LogP contribution < -0.4 is 0 Å². The van der Waals surface area contributed by atoms with Crippen molar-refractivity contribution in [3.63, 3.8) is 0 Å². The second kappa shape index (κ2) is 3.51. The van der Waals surface area contributed by atoms with Crippen molar-refractivity contribution in [3.05, 3.63) is 38.4 Å². The Kier molecular flexibility index (Phi) is 2.41. The number of hydrogen-bond acceptors (Lipinski definition) is 4. The SMILES string of the molecule is Cc1cc([N+](=O)[O-])cnc1N=[N+]=[N-]. The van der Waals surface area contributed by atoms with Gasteiger partial charge in [-0.3, -0.25) is 10.1 Å². The van der Waals surface area contributed by atoms with Crippen molar-refractivity contribution in [2.75, 3.05) is 0 Å². The van der Waals surface area contributed by atoms with Crippen LogP contribution in [0, 0.1) is 17.0 Å². The largest absolute Gasteiger partial charge is 0.287 e. The topological polar surface area (TPSA) is 105 Å². The molecule has 0 radical (unpaired) electrons. The molecular weight excluding hydrogens is 174 g/mol. The van der Waals surface area contributed by atoms with Gasteiger partial charge in [0.05, 0.1) is 4.92 Å². The van der Waals surface area contributed by atoms with Crippen molar-refractivity contribution in [1.29, 1.82) is 0 Å². The zero-order valence-corrected chi connectivity index (χ0v) is 6.71. The van der Waals surface area contributed by atoms with Crippen LogP contribution in [0.1, 0.15) is 5.56 Å². The summed E-state index contributed by atoms with van der Waals surface area (Å²) in [7, 11) is 0. The molecule has 7 nitrogen and oxygen atoms in total. The fourth-order valence-corrected chi connectivity index (χ4v) is 0.800. The van der Waals surface area contributed by atoms with Crippen LogP contribution in [0.4, 0.5) is 11.5 Å². The van der Waals surface area contributed by atoms with Crippen LogP contribution in [-0.4, -0.2) is 9.91 Å². The molecule has 0 aliphatic carbocycles. The van der Waals surface area contributed by atoms with E-state index in [9.17, 15) is 10.1 Å². The molecule has 1 aromatic rings. The number of nitrogens with zero attached hydrogens (tertiary/aromatic N) is 5. The van der Waals surface area contributed by atoms with Crippen molar-refractivity contribution in [2.24, 2.45) is 5.11 Å². The third kappa shape index (κ3) is 1.91. The van der Waals surface area contributed by atoms with E-state index >= 15 is 0 Å². The predicted molar refractivity (Wildman–Crippen MR) is 44.4 cm³/mol. The molecular formula is C6H5N5O2. The lowest BCUT2D eigenvalue weighted by molar-refractivity contribution is -0.385. The Morgan fingerprint density at radius 1 is 1.77 bits per heavy atom. The summed E-state index contributed by atoms with van der Waals surface area (Å²) < 4.78 is 0. The van der Waals surface area contributed by atoms with Gasteiger partial charge in [-0.25, -0.2) is 4.98 Å². The lowest BCUT2D eigenvalue weighted by Gasteiger charge is -1.96. The van der Waals surface area contributed by atoms with Crippen molar-refractivity contribution in [1.82, 2.24) is 4.98 Å². The molecule has 0 bridgehead atoms. The molecule has 0 saturated heterocycles. The first-order valence-corrected chi connectivity index (χ1v) is 3.31. The van der Waals surface area contributed by atoms with E-state index in [4.69, 9.17) is 5.53 Å². The molecule has 0 spiro atoms. The normalized spacial score (nSPS) is 9.00. The van der Waals surface area contributed by atoms with E-state index in [0.29, 0.717) is 5.56 Å². The average Bonchev–Trinajstić information content (AvgIpc) is 2.08. The molecule has 0 saturated carbocycles. The van der Waals surface area contributed by atoms with Gasteiger partial charge in [-0.1, -0.05) is 0 Å². The van der Waals surface area contributed by atoms with E-state index in [1.165, 1.54) is 6.07 Å². The molecule has 0 fully saturated rings. The lowest BCUT2D eigenvalue weighted by atomic mass is 10.3. The minimum absolute atomic E-state index is 0.116. The van der Waals surface area contributed by atoms with E-state index in [1.807, 2.05) is 0 Å². The molecule has 7 heteroatoms. The smallest absolute Gasteiger partial charge is 0.258 e. The molecule has 0 aliphatic heterocycles. The minimum Gasteiger partial charge on any atom is -0.258 e. The number of pyridine rings is 1. The lowest BCUT2D eigenvalue weighted by Crippen LogP contribution is -1.90. The third-order valence-electron chi connectivity index (χ3n) is 1.39. The molecule has 1 rings (SSSR count). The maximum absolute atomic E-state index is 10.3. The highest BCUT2D eigenvalue weighted by Crippen LogP contribution is 2.19. The van der Waals surface area contributed by atoms with Gasteiger partial charge in [0, 0.05) is 11.0 Å². The highest BCUT2D eigenvalue weighted by Gasteiger charge is 2.07. The molecule has 0 aliphatic rings. The Labute approximate surface area is 72.8 Å². The Bertz CT molecular complexity index is 396. The summed E-state index contributed by atoms with van der Waals surface area (Å²) in [4.78, 5) is 15.9. The molecule has 1 heterocycles. The zero-order chi connectivity index (χ0) is 9.84. The minimum atomic E-state index is -0.556. The first kappa shape index (κ1) is 8.95. The van der Waals surface area contributed by atoms with Crippen molar-refractivity contribution in [2.45, 2.75) is 6.92 Å². The molecule has 0 N–H and O–H groups in total. The number of hydrogen-bond donors (Lipinski definition) is 0. The Morgan fingerprint density at radius 3 is 2.92 bits per heavy atom. The van der Waals surface area contributed by atoms with E-state index in [2.05, 4.69) is 15.0 Å². The highest BCUT2D eigenvalue weighted by atomic mass is 16.6. The van der Waals surface area contributed by atoms with Gasteiger partial charge in [-0.15, -0.1) is 0 Å². The quantitative estimate of drug-likeness (QED) is 0.228. The number of aromatic nitrogens is 1. The molecule has 0 atom stereocenters. The second-order valence-corrected chi connectivity index (χ2v) is 2.28. The first-order chi connectivity index (χ1) is 6.15. The Morgan fingerprint density at radius 2 is 2.46 bits per heavy atom. The molecule has 66 valence electrons. The standard InChI is InChI=1S/C6H5N5O2/c1-4-2-5(11(12)13)3-8-6(4)9-10-7/h2-3H,1H3. The number of rotatable bonds is 2. The van der Waals surface area contributed by atoms with Crippen molar-refractivity contribution >= 4 is 11.5 Å². The zero-order valence-electron chi connectivity index (χ0n) is 6.71. The first-order valence-electron chi connectivity index (χ1n) is 3.31. The van der Waals surface area contributed by atoms with Crippen LogP contribution >= 0.6 is 0 Å². The van der Waals surface area contributed by atoms with Gasteiger partial charge in [-0.2, -0.15) is 0 Å². The predicted octanol–water partition coefficient (Wildman–Crippen LogP) is 2.24. The summed E-state index contributed by atoms with van der Waals surface area (Å²) in [6.07, 6.45) is 1.05. The van der Waals surface area contributed by atoms with Gasteiger partial charge in [0.25, 0.3) is 5.69 Å². The maximum Gasteiger partial charge on any atom is 0.287 e. The molecule has 1 aromatic heterocycles. The highest BCUT2D eigenvalue weighted by molar-refractivity contribution is 5.43. The van der Waals surface area contributed by atoms with Crippen molar-refractivity contribution < 1.29 is 4.92 Å². The van der Waals surface area contributed by atoms with Gasteiger partial charge in [0.15, 0.2) is 0 Å². The Balaban J connectivity index is 3.19. The fourth-order valence-electron chi connectivity index (χ4n) is 0.800. The third-order valence-corrected chi connectivity index (χ3v) is 1.39. The molecule has 0 unspecified atom stereocenters. The number of aryl methyl sites for hydroxylation is 1. The van der Waals surface area contributed by atoms with Crippen LogP contribution in [-0.2, 0) is 0 Å². The van der Waals surface area contributed by atoms with Crippen LogP contribution in [0.15, 0.2) is 17.4 Å². The van der Waals surface area contributed by atoms with Crippen LogP contribution in [0.5, 0.6) is 0 Å². The summed E-state index contributed by atoms with van der Waals surface area (Å²) in [6.45, 7) is 1.59. The fraction of sp³-hybridized carbons (Fsp3) is 0.167. The van der Waals surface area contributed by atoms with Gasteiger partial charge < -0.3 is 0 Å². The van der Waals surface area contributed by atoms with E-state index in [1.54, 1.807) is 6.92 Å². The summed E-state index contributed by atoms with van der Waals surface area (Å²) in [5.74, 6) is 0.160. The van der Waals surface area contributed by atoms with Crippen LogP contribution in [0.2, 0.25) is 0 Å². The molecule has 13 heavy (non-hydrogen) atoms. The van der Waals surface area contributed by atoms with Gasteiger partial charge in [-0.05, 0) is 23.1 Å². The Hall–Kier alpha value is -2.14. The molecule has 0 amide bonds.